The van der Waals surface area contributed by atoms with Crippen LogP contribution < -0.4 is 4.74 Å². The van der Waals surface area contributed by atoms with Crippen molar-refractivity contribution in [2.24, 2.45) is 0 Å². The van der Waals surface area contributed by atoms with E-state index in [0.29, 0.717) is 45.8 Å². The molecule has 0 saturated carbocycles. The normalized spacial score (nSPS) is 10.8. The SMILES string of the molecule is CCOC(=O)c1nn(-c2ccc(Cl)cc2Cl)c(-c2ccc(OCCCF)cc2)c1C. The molecule has 0 fully saturated rings. The first-order valence-corrected chi connectivity index (χ1v) is 10.2. The summed E-state index contributed by atoms with van der Waals surface area (Å²) in [5.74, 6) is 0.123. The van der Waals surface area contributed by atoms with Crippen LogP contribution in [-0.4, -0.2) is 35.6 Å². The molecule has 0 atom stereocenters. The molecular weight excluding hydrogens is 430 g/mol. The van der Waals surface area contributed by atoms with Crippen LogP contribution in [0.2, 0.25) is 10.0 Å². The van der Waals surface area contributed by atoms with Gasteiger partial charge in [-0.15, -0.1) is 0 Å². The van der Waals surface area contributed by atoms with Crippen LogP contribution in [-0.2, 0) is 4.74 Å². The van der Waals surface area contributed by atoms with Gasteiger partial charge in [0.1, 0.15) is 5.75 Å². The Bertz CT molecular complexity index is 1040. The van der Waals surface area contributed by atoms with Gasteiger partial charge in [0.25, 0.3) is 0 Å². The summed E-state index contributed by atoms with van der Waals surface area (Å²) in [6.45, 7) is 3.67. The van der Waals surface area contributed by atoms with Crippen molar-refractivity contribution in [2.75, 3.05) is 19.9 Å². The third kappa shape index (κ3) is 4.77. The van der Waals surface area contributed by atoms with Crippen molar-refractivity contribution in [1.29, 1.82) is 0 Å². The van der Waals surface area contributed by atoms with Crippen molar-refractivity contribution in [3.05, 3.63) is 63.8 Å². The molecule has 1 aromatic heterocycles. The van der Waals surface area contributed by atoms with Crippen LogP contribution in [0.25, 0.3) is 16.9 Å². The van der Waals surface area contributed by atoms with E-state index in [-0.39, 0.29) is 12.3 Å². The van der Waals surface area contributed by atoms with Gasteiger partial charge in [-0.25, -0.2) is 9.48 Å². The molecule has 0 N–H and O–H groups in total. The molecule has 5 nitrogen and oxygen atoms in total. The number of rotatable bonds is 8. The summed E-state index contributed by atoms with van der Waals surface area (Å²) in [6, 6.07) is 12.3. The molecule has 0 radical (unpaired) electrons. The smallest absolute Gasteiger partial charge is 0.359 e. The topological polar surface area (TPSA) is 53.3 Å². The van der Waals surface area contributed by atoms with Crippen LogP contribution in [0.4, 0.5) is 4.39 Å². The lowest BCUT2D eigenvalue weighted by molar-refractivity contribution is 0.0518. The number of hydrogen-bond donors (Lipinski definition) is 0. The lowest BCUT2D eigenvalue weighted by atomic mass is 10.1. The molecule has 3 rings (SSSR count). The molecule has 1 heterocycles. The maximum atomic E-state index is 12.4. The Balaban J connectivity index is 2.08. The second kappa shape index (κ2) is 9.96. The van der Waals surface area contributed by atoms with Gasteiger partial charge in [-0.1, -0.05) is 23.2 Å². The molecule has 8 heteroatoms. The van der Waals surface area contributed by atoms with Crippen molar-refractivity contribution >= 4 is 29.2 Å². The molecule has 0 aliphatic rings. The molecule has 0 spiro atoms. The van der Waals surface area contributed by atoms with E-state index in [2.05, 4.69) is 5.10 Å². The van der Waals surface area contributed by atoms with Gasteiger partial charge < -0.3 is 9.47 Å². The van der Waals surface area contributed by atoms with Gasteiger partial charge in [0.15, 0.2) is 5.69 Å². The van der Waals surface area contributed by atoms with Gasteiger partial charge in [-0.3, -0.25) is 4.39 Å². The van der Waals surface area contributed by atoms with Crippen LogP contribution in [0.5, 0.6) is 5.75 Å². The molecule has 158 valence electrons. The first-order valence-electron chi connectivity index (χ1n) is 9.47. The maximum absolute atomic E-state index is 12.4. The van der Waals surface area contributed by atoms with Gasteiger partial charge >= 0.3 is 5.97 Å². The average molecular weight is 451 g/mol. The van der Waals surface area contributed by atoms with Gasteiger partial charge in [0, 0.05) is 22.6 Å². The zero-order valence-corrected chi connectivity index (χ0v) is 18.1. The minimum Gasteiger partial charge on any atom is -0.493 e. The van der Waals surface area contributed by atoms with Crippen LogP contribution in [0.15, 0.2) is 42.5 Å². The molecular formula is C22H21Cl2FN2O3. The fourth-order valence-electron chi connectivity index (χ4n) is 3.01. The van der Waals surface area contributed by atoms with Crippen LogP contribution in [0.1, 0.15) is 29.4 Å². The quantitative estimate of drug-likeness (QED) is 0.308. The number of aromatic nitrogens is 2. The molecule has 0 bridgehead atoms. The standard InChI is InChI=1S/C22H21Cl2FN2O3/c1-3-29-22(28)20-14(2)21(15-5-8-17(9-6-15)30-12-4-11-25)27(26-20)19-10-7-16(23)13-18(19)24/h5-10,13H,3-4,11-12H2,1-2H3. The van der Waals surface area contributed by atoms with Crippen molar-refractivity contribution in [3.63, 3.8) is 0 Å². The molecule has 0 unspecified atom stereocenters. The Kier molecular flexibility index (Phi) is 7.34. The van der Waals surface area contributed by atoms with Gasteiger partial charge in [0.2, 0.25) is 0 Å². The molecule has 0 aliphatic heterocycles. The molecule has 0 amide bonds. The Hall–Kier alpha value is -2.57. The van der Waals surface area contributed by atoms with E-state index >= 15 is 0 Å². The summed E-state index contributed by atoms with van der Waals surface area (Å²) in [4.78, 5) is 12.4. The van der Waals surface area contributed by atoms with Crippen molar-refractivity contribution in [3.8, 4) is 22.7 Å². The predicted octanol–water partition coefficient (Wildman–Crippen LogP) is 6.07. The van der Waals surface area contributed by atoms with Crippen LogP contribution >= 0.6 is 23.2 Å². The number of carbonyl (C=O) groups excluding carboxylic acids is 1. The van der Waals surface area contributed by atoms with E-state index < -0.39 is 12.6 Å². The Morgan fingerprint density at radius 1 is 1.17 bits per heavy atom. The lowest BCUT2D eigenvalue weighted by Gasteiger charge is -2.11. The van der Waals surface area contributed by atoms with Gasteiger partial charge in [-0.05, 0) is 56.3 Å². The fraction of sp³-hybridized carbons (Fsp3) is 0.273. The van der Waals surface area contributed by atoms with Gasteiger partial charge in [0.05, 0.1) is 36.3 Å². The average Bonchev–Trinajstić information content (AvgIpc) is 3.06. The summed E-state index contributed by atoms with van der Waals surface area (Å²) in [7, 11) is 0. The first-order chi connectivity index (χ1) is 14.5. The zero-order valence-electron chi connectivity index (χ0n) is 16.6. The summed E-state index contributed by atoms with van der Waals surface area (Å²) in [5, 5.41) is 5.38. The van der Waals surface area contributed by atoms with E-state index in [1.807, 2.05) is 12.1 Å². The molecule has 3 aromatic rings. The third-order valence-electron chi connectivity index (χ3n) is 4.40. The number of hydrogen-bond acceptors (Lipinski definition) is 4. The number of ether oxygens (including phenoxy) is 2. The Morgan fingerprint density at radius 2 is 1.90 bits per heavy atom. The van der Waals surface area contributed by atoms with E-state index in [1.165, 1.54) is 0 Å². The van der Waals surface area contributed by atoms with Crippen molar-refractivity contribution in [2.45, 2.75) is 20.3 Å². The fourth-order valence-corrected chi connectivity index (χ4v) is 3.50. The van der Waals surface area contributed by atoms with E-state index in [0.717, 1.165) is 5.56 Å². The highest BCUT2D eigenvalue weighted by Gasteiger charge is 2.24. The first kappa shape index (κ1) is 22.1. The number of nitrogens with zero attached hydrogens (tertiary/aromatic N) is 2. The molecule has 0 aliphatic carbocycles. The molecule has 0 saturated heterocycles. The number of benzene rings is 2. The van der Waals surface area contributed by atoms with Crippen LogP contribution in [0, 0.1) is 6.92 Å². The highest BCUT2D eigenvalue weighted by molar-refractivity contribution is 6.35. The summed E-state index contributed by atoms with van der Waals surface area (Å²) < 4.78 is 24.5. The second-order valence-corrected chi connectivity index (χ2v) is 7.31. The molecule has 2 aromatic carbocycles. The van der Waals surface area contributed by atoms with Crippen molar-refractivity contribution in [1.82, 2.24) is 9.78 Å². The number of alkyl halides is 1. The number of halogens is 3. The maximum Gasteiger partial charge on any atom is 0.359 e. The Morgan fingerprint density at radius 3 is 2.53 bits per heavy atom. The monoisotopic (exact) mass is 450 g/mol. The minimum atomic E-state index is -0.508. The van der Waals surface area contributed by atoms with E-state index in [4.69, 9.17) is 32.7 Å². The zero-order chi connectivity index (χ0) is 21.7. The molecule has 30 heavy (non-hydrogen) atoms. The summed E-state index contributed by atoms with van der Waals surface area (Å²) >= 11 is 12.4. The summed E-state index contributed by atoms with van der Waals surface area (Å²) in [5.41, 5.74) is 2.95. The number of carbonyl (C=O) groups is 1. The Labute approximate surface area is 184 Å². The summed E-state index contributed by atoms with van der Waals surface area (Å²) in [6.07, 6.45) is 0.339. The highest BCUT2D eigenvalue weighted by Crippen LogP contribution is 2.33. The van der Waals surface area contributed by atoms with E-state index in [1.54, 1.807) is 48.9 Å². The van der Waals surface area contributed by atoms with Crippen molar-refractivity contribution < 1.29 is 18.7 Å². The van der Waals surface area contributed by atoms with Gasteiger partial charge in [-0.2, -0.15) is 5.10 Å². The highest BCUT2D eigenvalue weighted by atomic mass is 35.5. The largest absolute Gasteiger partial charge is 0.493 e. The number of esters is 1. The lowest BCUT2D eigenvalue weighted by Crippen LogP contribution is -2.08. The second-order valence-electron chi connectivity index (χ2n) is 6.47. The van der Waals surface area contributed by atoms with E-state index in [9.17, 15) is 9.18 Å². The predicted molar refractivity (Wildman–Crippen MR) is 116 cm³/mol. The minimum absolute atomic E-state index is 0.209. The third-order valence-corrected chi connectivity index (χ3v) is 4.94. The van der Waals surface area contributed by atoms with Crippen LogP contribution in [0.3, 0.4) is 0 Å².